The van der Waals surface area contributed by atoms with Crippen molar-refractivity contribution in [3.05, 3.63) is 62.9 Å². The fourth-order valence-corrected chi connectivity index (χ4v) is 2.65. The van der Waals surface area contributed by atoms with Crippen LogP contribution in [0.3, 0.4) is 0 Å². The normalized spacial score (nSPS) is 10.6. The first-order chi connectivity index (χ1) is 12.1. The first kappa shape index (κ1) is 20.1. The van der Waals surface area contributed by atoms with Gasteiger partial charge in [0.25, 0.3) is 5.91 Å². The van der Waals surface area contributed by atoms with Gasteiger partial charge in [-0.25, -0.2) is 18.0 Å². The summed E-state index contributed by atoms with van der Waals surface area (Å²) in [6, 6.07) is 2.99. The number of amides is 3. The van der Waals surface area contributed by atoms with E-state index < -0.39 is 35.0 Å². The van der Waals surface area contributed by atoms with Gasteiger partial charge >= 0.3 is 6.03 Å². The largest absolute Gasteiger partial charge is 0.331 e. The lowest BCUT2D eigenvalue weighted by Gasteiger charge is -2.25. The monoisotopic (exact) mass is 404 g/mol. The number of anilines is 1. The van der Waals surface area contributed by atoms with Gasteiger partial charge in [-0.05, 0) is 30.7 Å². The van der Waals surface area contributed by atoms with E-state index in [1.54, 1.807) is 0 Å². The smallest absolute Gasteiger partial charge is 0.294 e. The molecule has 0 bridgehead atoms. The topological polar surface area (TPSA) is 40.6 Å². The Kier molecular flexibility index (Phi) is 5.83. The molecule has 2 aromatic carbocycles. The van der Waals surface area contributed by atoms with Gasteiger partial charge in [0.2, 0.25) is 0 Å². The highest BCUT2D eigenvalue weighted by Gasteiger charge is 2.29. The molecule has 0 atom stereocenters. The van der Waals surface area contributed by atoms with Gasteiger partial charge in [0.15, 0.2) is 5.82 Å². The molecule has 0 N–H and O–H groups in total. The molecular formula is C17H13Cl2F3N2O2. The number of hydrogen-bond acceptors (Lipinski definition) is 2. The van der Waals surface area contributed by atoms with Crippen molar-refractivity contribution in [2.45, 2.75) is 6.92 Å². The van der Waals surface area contributed by atoms with Crippen molar-refractivity contribution in [1.82, 2.24) is 4.90 Å². The molecule has 0 aliphatic carbocycles. The van der Waals surface area contributed by atoms with Crippen LogP contribution in [0.5, 0.6) is 0 Å². The van der Waals surface area contributed by atoms with Gasteiger partial charge in [0.05, 0.1) is 10.7 Å². The highest BCUT2D eigenvalue weighted by molar-refractivity contribution is 6.36. The summed E-state index contributed by atoms with van der Waals surface area (Å²) in [4.78, 5) is 26.0. The molecule has 0 aromatic heterocycles. The lowest BCUT2D eigenvalue weighted by Crippen LogP contribution is -2.43. The van der Waals surface area contributed by atoms with Crippen molar-refractivity contribution in [2.75, 3.05) is 19.0 Å². The lowest BCUT2D eigenvalue weighted by atomic mass is 10.1. The molecule has 0 aliphatic rings. The number of hydrogen-bond donors (Lipinski definition) is 0. The molecule has 0 heterocycles. The van der Waals surface area contributed by atoms with Crippen molar-refractivity contribution in [3.8, 4) is 0 Å². The maximum absolute atomic E-state index is 14.4. The zero-order chi connectivity index (χ0) is 19.8. The van der Waals surface area contributed by atoms with Crippen LogP contribution in [0, 0.1) is 24.4 Å². The second-order valence-electron chi connectivity index (χ2n) is 5.43. The third kappa shape index (κ3) is 3.50. The first-order valence-corrected chi connectivity index (χ1v) is 7.97. The van der Waals surface area contributed by atoms with Crippen LogP contribution < -0.4 is 4.90 Å². The van der Waals surface area contributed by atoms with Gasteiger partial charge in [-0.3, -0.25) is 14.6 Å². The maximum Gasteiger partial charge on any atom is 0.331 e. The summed E-state index contributed by atoms with van der Waals surface area (Å²) in [5.41, 5.74) is -0.894. The fourth-order valence-electron chi connectivity index (χ4n) is 2.20. The van der Waals surface area contributed by atoms with E-state index in [1.807, 2.05) is 0 Å². The van der Waals surface area contributed by atoms with E-state index in [1.165, 1.54) is 14.0 Å². The summed E-state index contributed by atoms with van der Waals surface area (Å²) >= 11 is 11.8. The molecule has 138 valence electrons. The van der Waals surface area contributed by atoms with Crippen LogP contribution in [-0.4, -0.2) is 30.9 Å². The first-order valence-electron chi connectivity index (χ1n) is 7.21. The molecule has 2 rings (SSSR count). The van der Waals surface area contributed by atoms with E-state index in [0.717, 1.165) is 36.2 Å². The lowest BCUT2D eigenvalue weighted by molar-refractivity contribution is 0.0827. The molecule has 3 amide bonds. The fraction of sp³-hybridized carbons (Fsp3) is 0.176. The van der Waals surface area contributed by atoms with Crippen molar-refractivity contribution in [2.24, 2.45) is 0 Å². The molecule has 26 heavy (non-hydrogen) atoms. The molecule has 0 radical (unpaired) electrons. The number of nitrogens with zero attached hydrogens (tertiary/aromatic N) is 2. The van der Waals surface area contributed by atoms with Crippen LogP contribution in [-0.2, 0) is 0 Å². The quantitative estimate of drug-likeness (QED) is 0.657. The zero-order valence-electron chi connectivity index (χ0n) is 13.9. The zero-order valence-corrected chi connectivity index (χ0v) is 15.4. The van der Waals surface area contributed by atoms with E-state index in [2.05, 4.69) is 0 Å². The highest BCUT2D eigenvalue weighted by atomic mass is 35.5. The summed E-state index contributed by atoms with van der Waals surface area (Å²) in [6.07, 6.45) is 0. The standard InChI is InChI=1S/C17H13Cl2F3N2O2/c1-8-9(18)7-12(15(22)14(8)19)23(2)17(26)24(3)16(25)13-10(20)5-4-6-11(13)21/h4-7H,1-3H3. The highest BCUT2D eigenvalue weighted by Crippen LogP contribution is 2.34. The van der Waals surface area contributed by atoms with Crippen molar-refractivity contribution in [3.63, 3.8) is 0 Å². The molecule has 2 aromatic rings. The Bertz CT molecular complexity index is 886. The number of rotatable bonds is 2. The molecule has 0 saturated heterocycles. The van der Waals surface area contributed by atoms with Crippen LogP contribution in [0.4, 0.5) is 23.7 Å². The van der Waals surface area contributed by atoms with E-state index in [0.29, 0.717) is 4.90 Å². The number of urea groups is 1. The van der Waals surface area contributed by atoms with Gasteiger partial charge in [0.1, 0.15) is 17.2 Å². The number of carbonyl (C=O) groups is 2. The minimum atomic E-state index is -1.22. The Labute approximate surface area is 157 Å². The summed E-state index contributed by atoms with van der Waals surface area (Å²) < 4.78 is 41.9. The molecule has 0 saturated carbocycles. The SMILES string of the molecule is Cc1c(Cl)cc(N(C)C(=O)N(C)C(=O)c2c(F)cccc2F)c(F)c1Cl. The predicted molar refractivity (Wildman–Crippen MR) is 93.4 cm³/mol. The molecule has 4 nitrogen and oxygen atoms in total. The minimum Gasteiger partial charge on any atom is -0.294 e. The maximum atomic E-state index is 14.4. The Morgan fingerprint density at radius 3 is 2.12 bits per heavy atom. The third-order valence-electron chi connectivity index (χ3n) is 3.78. The van der Waals surface area contributed by atoms with Gasteiger partial charge in [0, 0.05) is 19.1 Å². The predicted octanol–water partition coefficient (Wildman–Crippen LogP) is 5.05. The molecule has 0 unspecified atom stereocenters. The second kappa shape index (κ2) is 7.55. The summed E-state index contributed by atoms with van der Waals surface area (Å²) in [5.74, 6) is -4.38. The average Bonchev–Trinajstić information content (AvgIpc) is 2.60. The van der Waals surface area contributed by atoms with Crippen LogP contribution in [0.15, 0.2) is 24.3 Å². The number of benzene rings is 2. The summed E-state index contributed by atoms with van der Waals surface area (Å²) in [5, 5.41) is -0.165. The average molecular weight is 405 g/mol. The van der Waals surface area contributed by atoms with E-state index in [-0.39, 0.29) is 21.3 Å². The summed E-state index contributed by atoms with van der Waals surface area (Å²) in [7, 11) is 2.19. The third-order valence-corrected chi connectivity index (χ3v) is 4.63. The molecule has 0 fully saturated rings. The van der Waals surface area contributed by atoms with Crippen LogP contribution in [0.25, 0.3) is 0 Å². The second-order valence-corrected chi connectivity index (χ2v) is 6.22. The van der Waals surface area contributed by atoms with Gasteiger partial charge in [-0.2, -0.15) is 0 Å². The van der Waals surface area contributed by atoms with Crippen LogP contribution in [0.2, 0.25) is 10.0 Å². The van der Waals surface area contributed by atoms with Crippen LogP contribution in [0.1, 0.15) is 15.9 Å². The van der Waals surface area contributed by atoms with Gasteiger partial charge in [-0.1, -0.05) is 29.3 Å². The van der Waals surface area contributed by atoms with Crippen molar-refractivity contribution < 1.29 is 22.8 Å². The summed E-state index contributed by atoms with van der Waals surface area (Å²) in [6.45, 7) is 1.50. The Balaban J connectivity index is 2.38. The minimum absolute atomic E-state index is 0.111. The van der Waals surface area contributed by atoms with E-state index in [4.69, 9.17) is 23.2 Å². The van der Waals surface area contributed by atoms with Crippen molar-refractivity contribution in [1.29, 1.82) is 0 Å². The Morgan fingerprint density at radius 1 is 1.04 bits per heavy atom. The van der Waals surface area contributed by atoms with Gasteiger partial charge in [-0.15, -0.1) is 0 Å². The number of halogens is 5. The number of carbonyl (C=O) groups excluding carboxylic acids is 2. The molecule has 0 aliphatic heterocycles. The van der Waals surface area contributed by atoms with Crippen LogP contribution >= 0.6 is 23.2 Å². The van der Waals surface area contributed by atoms with E-state index >= 15 is 0 Å². The molecular weight excluding hydrogens is 392 g/mol. The van der Waals surface area contributed by atoms with E-state index in [9.17, 15) is 22.8 Å². The Hall–Kier alpha value is -2.25. The van der Waals surface area contributed by atoms with Crippen molar-refractivity contribution >= 4 is 40.8 Å². The molecule has 9 heteroatoms. The molecule has 0 spiro atoms. The Morgan fingerprint density at radius 2 is 1.58 bits per heavy atom. The number of imide groups is 1. The van der Waals surface area contributed by atoms with Gasteiger partial charge < -0.3 is 0 Å².